The Labute approximate surface area is 152 Å². The molecule has 0 bridgehead atoms. The summed E-state index contributed by atoms with van der Waals surface area (Å²) in [5, 5.41) is 1.14. The van der Waals surface area contributed by atoms with Crippen LogP contribution in [0.2, 0.25) is 0 Å². The topological polar surface area (TPSA) is 39.2 Å². The Kier molecular flexibility index (Phi) is 6.07. The van der Waals surface area contributed by atoms with E-state index in [9.17, 15) is 4.79 Å². The van der Waals surface area contributed by atoms with Crippen molar-refractivity contribution < 1.29 is 9.53 Å². The van der Waals surface area contributed by atoms with Crippen molar-refractivity contribution in [2.24, 2.45) is 0 Å². The highest BCUT2D eigenvalue weighted by molar-refractivity contribution is 7.98. The largest absolute Gasteiger partial charge is 0.465 e. The molecule has 3 nitrogen and oxygen atoms in total. The molecule has 0 aliphatic heterocycles. The second-order valence-electron chi connectivity index (χ2n) is 5.77. The zero-order valence-corrected chi connectivity index (χ0v) is 15.0. The van der Waals surface area contributed by atoms with Gasteiger partial charge in [-0.05, 0) is 30.2 Å². The van der Waals surface area contributed by atoms with E-state index in [1.54, 1.807) is 11.8 Å². The lowest BCUT2D eigenvalue weighted by atomic mass is 10.0. The standard InChI is InChI=1S/C21H21NO2S/c1-2-24-21(23)19(17-8-4-3-5-9-17)15-25-14-16-12-18-10-6-7-11-20(18)22-13-16/h3-13,19H,2,14-15H2,1H3. The molecule has 3 rings (SSSR count). The molecule has 2 aromatic carbocycles. The second kappa shape index (κ2) is 8.67. The highest BCUT2D eigenvalue weighted by Gasteiger charge is 2.21. The first kappa shape index (κ1) is 17.5. The molecule has 0 amide bonds. The Hall–Kier alpha value is -2.33. The van der Waals surface area contributed by atoms with Gasteiger partial charge in [0.05, 0.1) is 18.0 Å². The number of pyridine rings is 1. The van der Waals surface area contributed by atoms with E-state index in [1.807, 2.05) is 61.7 Å². The van der Waals surface area contributed by atoms with Crippen molar-refractivity contribution in [2.45, 2.75) is 18.6 Å². The molecule has 1 heterocycles. The van der Waals surface area contributed by atoms with Gasteiger partial charge in [0, 0.05) is 23.1 Å². The maximum Gasteiger partial charge on any atom is 0.314 e. The Balaban J connectivity index is 1.67. The normalized spacial score (nSPS) is 12.0. The maximum absolute atomic E-state index is 12.3. The van der Waals surface area contributed by atoms with Gasteiger partial charge in [0.1, 0.15) is 0 Å². The van der Waals surface area contributed by atoms with Crippen LogP contribution in [0.1, 0.15) is 24.0 Å². The zero-order chi connectivity index (χ0) is 17.5. The number of rotatable bonds is 7. The first-order valence-electron chi connectivity index (χ1n) is 8.41. The van der Waals surface area contributed by atoms with Crippen molar-refractivity contribution in [1.82, 2.24) is 4.98 Å². The molecule has 0 saturated carbocycles. The number of aromatic nitrogens is 1. The van der Waals surface area contributed by atoms with E-state index in [4.69, 9.17) is 4.74 Å². The molecule has 128 valence electrons. The molecule has 1 aromatic heterocycles. The van der Waals surface area contributed by atoms with Crippen LogP contribution in [-0.2, 0) is 15.3 Å². The lowest BCUT2D eigenvalue weighted by Crippen LogP contribution is -2.18. The first-order valence-corrected chi connectivity index (χ1v) is 9.56. The molecule has 0 aliphatic carbocycles. The molecule has 3 aromatic rings. The van der Waals surface area contributed by atoms with E-state index in [1.165, 1.54) is 5.56 Å². The Morgan fingerprint density at radius 1 is 1.12 bits per heavy atom. The van der Waals surface area contributed by atoms with Crippen molar-refractivity contribution in [3.05, 3.63) is 78.0 Å². The van der Waals surface area contributed by atoms with E-state index in [0.29, 0.717) is 12.4 Å². The van der Waals surface area contributed by atoms with Gasteiger partial charge in [-0.15, -0.1) is 0 Å². The number of ether oxygens (including phenoxy) is 1. The van der Waals surface area contributed by atoms with Crippen LogP contribution in [0, 0.1) is 0 Å². The monoisotopic (exact) mass is 351 g/mol. The summed E-state index contributed by atoms with van der Waals surface area (Å²) in [6.45, 7) is 2.25. The van der Waals surface area contributed by atoms with Crippen molar-refractivity contribution >= 4 is 28.6 Å². The molecule has 0 radical (unpaired) electrons. The van der Waals surface area contributed by atoms with Crippen LogP contribution >= 0.6 is 11.8 Å². The van der Waals surface area contributed by atoms with E-state index in [2.05, 4.69) is 17.1 Å². The molecule has 1 atom stereocenters. The Morgan fingerprint density at radius 2 is 1.88 bits per heavy atom. The Morgan fingerprint density at radius 3 is 2.68 bits per heavy atom. The van der Waals surface area contributed by atoms with Crippen molar-refractivity contribution in [3.63, 3.8) is 0 Å². The number of fused-ring (bicyclic) bond motifs is 1. The van der Waals surface area contributed by atoms with Gasteiger partial charge in [-0.1, -0.05) is 48.5 Å². The number of benzene rings is 2. The average molecular weight is 351 g/mol. The third-order valence-corrected chi connectivity index (χ3v) is 5.08. The van der Waals surface area contributed by atoms with Crippen molar-refractivity contribution in [2.75, 3.05) is 12.4 Å². The molecule has 4 heteroatoms. The Bertz CT molecular complexity index is 835. The summed E-state index contributed by atoms with van der Waals surface area (Å²) in [5.41, 5.74) is 3.18. The van der Waals surface area contributed by atoms with Crippen LogP contribution in [0.15, 0.2) is 66.9 Å². The highest BCUT2D eigenvalue weighted by Crippen LogP contribution is 2.25. The fourth-order valence-electron chi connectivity index (χ4n) is 2.72. The fraction of sp³-hybridized carbons (Fsp3) is 0.238. The van der Waals surface area contributed by atoms with Crippen molar-refractivity contribution in [1.29, 1.82) is 0 Å². The highest BCUT2D eigenvalue weighted by atomic mass is 32.2. The lowest BCUT2D eigenvalue weighted by Gasteiger charge is -2.15. The summed E-state index contributed by atoms with van der Waals surface area (Å²) in [5.74, 6) is 1.12. The van der Waals surface area contributed by atoms with E-state index >= 15 is 0 Å². The van der Waals surface area contributed by atoms with Gasteiger partial charge in [-0.25, -0.2) is 0 Å². The molecule has 1 unspecified atom stereocenters. The van der Waals surface area contributed by atoms with Crippen molar-refractivity contribution in [3.8, 4) is 0 Å². The SMILES string of the molecule is CCOC(=O)C(CSCc1cnc2ccccc2c1)c1ccccc1. The molecular formula is C21H21NO2S. The third-order valence-electron chi connectivity index (χ3n) is 3.97. The minimum atomic E-state index is -0.237. The van der Waals surface area contributed by atoms with Crippen LogP contribution in [-0.4, -0.2) is 23.3 Å². The predicted octanol–water partition coefficient (Wildman–Crippen LogP) is 4.81. The summed E-state index contributed by atoms with van der Waals surface area (Å²) < 4.78 is 5.25. The molecular weight excluding hydrogens is 330 g/mol. The van der Waals surface area contributed by atoms with Crippen LogP contribution < -0.4 is 0 Å². The number of hydrogen-bond acceptors (Lipinski definition) is 4. The smallest absolute Gasteiger partial charge is 0.314 e. The summed E-state index contributed by atoms with van der Waals surface area (Å²) in [6, 6.07) is 20.1. The molecule has 0 N–H and O–H groups in total. The summed E-state index contributed by atoms with van der Waals surface area (Å²) in [7, 11) is 0. The second-order valence-corrected chi connectivity index (χ2v) is 6.80. The number of hydrogen-bond donors (Lipinski definition) is 0. The first-order chi connectivity index (χ1) is 12.3. The van der Waals surface area contributed by atoms with E-state index in [-0.39, 0.29) is 11.9 Å². The van der Waals surface area contributed by atoms with Gasteiger partial charge in [0.15, 0.2) is 0 Å². The van der Waals surface area contributed by atoms with Gasteiger partial charge < -0.3 is 4.74 Å². The van der Waals surface area contributed by atoms with Crippen LogP contribution in [0.3, 0.4) is 0 Å². The lowest BCUT2D eigenvalue weighted by molar-refractivity contribution is -0.144. The maximum atomic E-state index is 12.3. The minimum absolute atomic E-state index is 0.155. The predicted molar refractivity (Wildman–Crippen MR) is 104 cm³/mol. The number of carbonyl (C=O) groups excluding carboxylic acids is 1. The van der Waals surface area contributed by atoms with Gasteiger partial charge in [-0.3, -0.25) is 9.78 Å². The van der Waals surface area contributed by atoms with Gasteiger partial charge in [0.25, 0.3) is 0 Å². The van der Waals surface area contributed by atoms with Crippen LogP contribution in [0.5, 0.6) is 0 Å². The van der Waals surface area contributed by atoms with Gasteiger partial charge in [0.2, 0.25) is 0 Å². The zero-order valence-electron chi connectivity index (χ0n) is 14.2. The quantitative estimate of drug-likeness (QED) is 0.572. The molecule has 0 spiro atoms. The number of carbonyl (C=O) groups is 1. The van der Waals surface area contributed by atoms with Gasteiger partial charge >= 0.3 is 5.97 Å². The number of nitrogens with zero attached hydrogens (tertiary/aromatic N) is 1. The molecule has 0 aliphatic rings. The summed E-state index contributed by atoms with van der Waals surface area (Å²) >= 11 is 1.73. The average Bonchev–Trinajstić information content (AvgIpc) is 2.66. The summed E-state index contributed by atoms with van der Waals surface area (Å²) in [6.07, 6.45) is 1.91. The number of esters is 1. The van der Waals surface area contributed by atoms with E-state index in [0.717, 1.165) is 22.2 Å². The number of thioether (sulfide) groups is 1. The third kappa shape index (κ3) is 4.60. The fourth-order valence-corrected chi connectivity index (χ4v) is 3.79. The van der Waals surface area contributed by atoms with Crippen LogP contribution in [0.25, 0.3) is 10.9 Å². The van der Waals surface area contributed by atoms with Crippen LogP contribution in [0.4, 0.5) is 0 Å². The molecule has 0 fully saturated rings. The van der Waals surface area contributed by atoms with E-state index < -0.39 is 0 Å². The van der Waals surface area contributed by atoms with Gasteiger partial charge in [-0.2, -0.15) is 11.8 Å². The molecule has 25 heavy (non-hydrogen) atoms. The summed E-state index contributed by atoms with van der Waals surface area (Å²) in [4.78, 5) is 16.8. The minimum Gasteiger partial charge on any atom is -0.465 e. The number of para-hydroxylation sites is 1. The molecule has 0 saturated heterocycles.